The van der Waals surface area contributed by atoms with Crippen molar-refractivity contribution in [2.75, 3.05) is 6.61 Å². The highest BCUT2D eigenvalue weighted by molar-refractivity contribution is 6.07. The fraction of sp³-hybridized carbons (Fsp3) is 0.158. The van der Waals surface area contributed by atoms with Crippen LogP contribution in [0.25, 0.3) is 0 Å². The Bertz CT molecular complexity index is 717. The summed E-state index contributed by atoms with van der Waals surface area (Å²) in [6, 6.07) is 15.1. The van der Waals surface area contributed by atoms with Crippen LogP contribution in [0.4, 0.5) is 0 Å². The summed E-state index contributed by atoms with van der Waals surface area (Å²) in [5.74, 6) is -0.762. The summed E-state index contributed by atoms with van der Waals surface area (Å²) in [4.78, 5) is 22.3. The molecule has 0 aliphatic heterocycles. The molecule has 0 saturated carbocycles. The molecule has 0 aliphatic carbocycles. The lowest BCUT2D eigenvalue weighted by atomic mass is 10.1. The highest BCUT2D eigenvalue weighted by Crippen LogP contribution is 2.20. The Labute approximate surface area is 135 Å². The molecule has 23 heavy (non-hydrogen) atoms. The molecular formula is C19H18O4. The van der Waals surface area contributed by atoms with E-state index in [0.717, 1.165) is 29.9 Å². The third-order valence-electron chi connectivity index (χ3n) is 3.33. The van der Waals surface area contributed by atoms with Crippen molar-refractivity contribution < 1.29 is 19.4 Å². The van der Waals surface area contributed by atoms with Gasteiger partial charge in [0.25, 0.3) is 0 Å². The Morgan fingerprint density at radius 2 is 1.83 bits per heavy atom. The first-order chi connectivity index (χ1) is 11.1. The second kappa shape index (κ2) is 7.94. The maximum Gasteiger partial charge on any atom is 0.328 e. The van der Waals surface area contributed by atoms with E-state index in [9.17, 15) is 9.59 Å². The van der Waals surface area contributed by atoms with Gasteiger partial charge in [-0.25, -0.2) is 4.79 Å². The molecular weight excluding hydrogens is 292 g/mol. The number of aryl methyl sites for hydroxylation is 1. The number of carbonyl (C=O) groups is 2. The van der Waals surface area contributed by atoms with Crippen LogP contribution in [0.5, 0.6) is 5.75 Å². The maximum atomic E-state index is 11.8. The van der Waals surface area contributed by atoms with Gasteiger partial charge in [0.1, 0.15) is 5.75 Å². The van der Waals surface area contributed by atoms with Gasteiger partial charge in [-0.15, -0.1) is 0 Å². The van der Waals surface area contributed by atoms with E-state index in [4.69, 9.17) is 9.84 Å². The van der Waals surface area contributed by atoms with Gasteiger partial charge in [-0.1, -0.05) is 30.3 Å². The van der Waals surface area contributed by atoms with Crippen molar-refractivity contribution in [1.29, 1.82) is 0 Å². The molecule has 4 nitrogen and oxygen atoms in total. The highest BCUT2D eigenvalue weighted by Gasteiger charge is 2.06. The first-order valence-electron chi connectivity index (χ1n) is 7.29. The number of carbonyl (C=O) groups excluding carboxylic acids is 1. The van der Waals surface area contributed by atoms with E-state index in [0.29, 0.717) is 12.2 Å². The summed E-state index contributed by atoms with van der Waals surface area (Å²) in [6.45, 7) is 2.41. The molecule has 2 rings (SSSR count). The molecule has 0 bridgehead atoms. The maximum absolute atomic E-state index is 11.8. The summed E-state index contributed by atoms with van der Waals surface area (Å²) < 4.78 is 5.75. The molecule has 1 N–H and O–H groups in total. The van der Waals surface area contributed by atoms with Crippen molar-refractivity contribution in [3.63, 3.8) is 0 Å². The minimum absolute atomic E-state index is 0.341. The Kier molecular flexibility index (Phi) is 5.69. The molecule has 2 aromatic rings. The quantitative estimate of drug-likeness (QED) is 0.628. The number of ketones is 1. The van der Waals surface area contributed by atoms with Gasteiger partial charge in [-0.3, -0.25) is 4.79 Å². The van der Waals surface area contributed by atoms with E-state index < -0.39 is 5.97 Å². The van der Waals surface area contributed by atoms with Crippen LogP contribution in [0.1, 0.15) is 21.5 Å². The average Bonchev–Trinajstić information content (AvgIpc) is 2.55. The molecule has 0 aromatic heterocycles. The van der Waals surface area contributed by atoms with Gasteiger partial charge in [-0.05, 0) is 42.3 Å². The minimum Gasteiger partial charge on any atom is -0.493 e. The predicted molar refractivity (Wildman–Crippen MR) is 87.9 cm³/mol. The van der Waals surface area contributed by atoms with E-state index in [1.807, 2.05) is 37.3 Å². The van der Waals surface area contributed by atoms with Gasteiger partial charge >= 0.3 is 5.97 Å². The molecule has 0 fully saturated rings. The van der Waals surface area contributed by atoms with Crippen molar-refractivity contribution in [3.8, 4) is 5.75 Å². The highest BCUT2D eigenvalue weighted by atomic mass is 16.5. The Balaban J connectivity index is 1.96. The standard InChI is InChI=1S/C19H18O4/c1-14-13-16(17(20)8-10-19(21)22)7-9-18(14)23-12-11-15-5-3-2-4-6-15/h2-10,13H,11-12H2,1H3,(H,21,22)/b10-8+. The Morgan fingerprint density at radius 3 is 2.48 bits per heavy atom. The normalized spacial score (nSPS) is 10.7. The number of hydrogen-bond acceptors (Lipinski definition) is 3. The summed E-state index contributed by atoms with van der Waals surface area (Å²) in [5, 5.41) is 8.54. The molecule has 0 heterocycles. The Hall–Kier alpha value is -2.88. The smallest absolute Gasteiger partial charge is 0.328 e. The summed E-state index contributed by atoms with van der Waals surface area (Å²) in [5.41, 5.74) is 2.49. The van der Waals surface area contributed by atoms with Crippen molar-refractivity contribution in [1.82, 2.24) is 0 Å². The molecule has 118 valence electrons. The molecule has 4 heteroatoms. The van der Waals surface area contributed by atoms with E-state index in [1.54, 1.807) is 18.2 Å². The van der Waals surface area contributed by atoms with Crippen LogP contribution in [-0.2, 0) is 11.2 Å². The minimum atomic E-state index is -1.14. The molecule has 0 saturated heterocycles. The summed E-state index contributed by atoms with van der Waals surface area (Å²) in [7, 11) is 0. The van der Waals surface area contributed by atoms with Crippen LogP contribution in [-0.4, -0.2) is 23.5 Å². The lowest BCUT2D eigenvalue weighted by Crippen LogP contribution is -2.03. The van der Waals surface area contributed by atoms with E-state index in [-0.39, 0.29) is 5.78 Å². The molecule has 0 atom stereocenters. The molecule has 0 amide bonds. The number of allylic oxidation sites excluding steroid dienone is 1. The summed E-state index contributed by atoms with van der Waals surface area (Å²) in [6.07, 6.45) is 2.69. The van der Waals surface area contributed by atoms with Gasteiger partial charge < -0.3 is 9.84 Å². The average molecular weight is 310 g/mol. The number of carboxylic acid groups (broad SMARTS) is 1. The third kappa shape index (κ3) is 5.11. The first kappa shape index (κ1) is 16.5. The molecule has 0 spiro atoms. The van der Waals surface area contributed by atoms with Crippen LogP contribution in [0.3, 0.4) is 0 Å². The van der Waals surface area contributed by atoms with E-state index >= 15 is 0 Å². The van der Waals surface area contributed by atoms with Gasteiger partial charge in [-0.2, -0.15) is 0 Å². The molecule has 0 unspecified atom stereocenters. The van der Waals surface area contributed by atoms with Crippen molar-refractivity contribution in [2.24, 2.45) is 0 Å². The van der Waals surface area contributed by atoms with Crippen molar-refractivity contribution in [3.05, 3.63) is 77.4 Å². The first-order valence-corrected chi connectivity index (χ1v) is 7.29. The number of rotatable bonds is 7. The van der Waals surface area contributed by atoms with Crippen LogP contribution in [0.15, 0.2) is 60.7 Å². The predicted octanol–water partition coefficient (Wildman–Crippen LogP) is 3.44. The second-order valence-corrected chi connectivity index (χ2v) is 5.10. The molecule has 0 aliphatic rings. The van der Waals surface area contributed by atoms with Crippen LogP contribution >= 0.6 is 0 Å². The van der Waals surface area contributed by atoms with Gasteiger partial charge in [0.2, 0.25) is 0 Å². The number of benzene rings is 2. The zero-order chi connectivity index (χ0) is 16.7. The van der Waals surface area contributed by atoms with Gasteiger partial charge in [0, 0.05) is 18.1 Å². The largest absolute Gasteiger partial charge is 0.493 e. The van der Waals surface area contributed by atoms with E-state index in [2.05, 4.69) is 0 Å². The monoisotopic (exact) mass is 310 g/mol. The number of aliphatic carboxylic acids is 1. The second-order valence-electron chi connectivity index (χ2n) is 5.10. The van der Waals surface area contributed by atoms with Crippen molar-refractivity contribution >= 4 is 11.8 Å². The van der Waals surface area contributed by atoms with Gasteiger partial charge in [0.05, 0.1) is 6.61 Å². The van der Waals surface area contributed by atoms with Crippen molar-refractivity contribution in [2.45, 2.75) is 13.3 Å². The lowest BCUT2D eigenvalue weighted by Gasteiger charge is -2.10. The van der Waals surface area contributed by atoms with Gasteiger partial charge in [0.15, 0.2) is 5.78 Å². The SMILES string of the molecule is Cc1cc(C(=O)/C=C/C(=O)O)ccc1OCCc1ccccc1. The Morgan fingerprint density at radius 1 is 1.09 bits per heavy atom. The number of hydrogen-bond donors (Lipinski definition) is 1. The van der Waals surface area contributed by atoms with E-state index in [1.165, 1.54) is 5.56 Å². The van der Waals surface area contributed by atoms with Crippen LogP contribution in [0, 0.1) is 6.92 Å². The number of ether oxygens (including phenoxy) is 1. The zero-order valence-corrected chi connectivity index (χ0v) is 12.9. The van der Waals surface area contributed by atoms with Crippen LogP contribution in [0.2, 0.25) is 0 Å². The third-order valence-corrected chi connectivity index (χ3v) is 3.33. The topological polar surface area (TPSA) is 63.6 Å². The molecule has 0 radical (unpaired) electrons. The lowest BCUT2D eigenvalue weighted by molar-refractivity contribution is -0.131. The summed E-state index contributed by atoms with van der Waals surface area (Å²) >= 11 is 0. The van der Waals surface area contributed by atoms with Crippen LogP contribution < -0.4 is 4.74 Å². The number of carboxylic acids is 1. The fourth-order valence-corrected chi connectivity index (χ4v) is 2.13. The fourth-order valence-electron chi connectivity index (χ4n) is 2.13. The molecule has 2 aromatic carbocycles. The zero-order valence-electron chi connectivity index (χ0n) is 12.9.